The zero-order valence-corrected chi connectivity index (χ0v) is 18.4. The van der Waals surface area contributed by atoms with E-state index in [9.17, 15) is 15.0 Å². The SMILES string of the molecule is CCCCCc1cc(O)c(-c2cccc(C)c2)c(O)c1CN(C)C(=O)N1CCCC1. The third-order valence-electron chi connectivity index (χ3n) is 5.93. The van der Waals surface area contributed by atoms with Crippen LogP contribution in [0.25, 0.3) is 11.1 Å². The first-order valence-electron chi connectivity index (χ1n) is 11.1. The number of hydrogen-bond acceptors (Lipinski definition) is 3. The molecule has 0 bridgehead atoms. The number of unbranched alkanes of at least 4 members (excludes halogenated alkanes) is 2. The highest BCUT2D eigenvalue weighted by Gasteiger charge is 2.25. The zero-order valence-electron chi connectivity index (χ0n) is 18.4. The van der Waals surface area contributed by atoms with E-state index in [4.69, 9.17) is 0 Å². The first-order chi connectivity index (χ1) is 14.4. The van der Waals surface area contributed by atoms with E-state index in [-0.39, 0.29) is 17.5 Å². The fourth-order valence-corrected chi connectivity index (χ4v) is 4.25. The largest absolute Gasteiger partial charge is 0.507 e. The van der Waals surface area contributed by atoms with Crippen molar-refractivity contribution in [1.82, 2.24) is 9.80 Å². The molecule has 0 radical (unpaired) electrons. The number of urea groups is 1. The molecule has 1 fully saturated rings. The minimum absolute atomic E-state index is 0.00316. The van der Waals surface area contributed by atoms with E-state index in [1.54, 1.807) is 18.0 Å². The summed E-state index contributed by atoms with van der Waals surface area (Å²) >= 11 is 0. The van der Waals surface area contributed by atoms with Crippen molar-refractivity contribution in [2.75, 3.05) is 20.1 Å². The summed E-state index contributed by atoms with van der Waals surface area (Å²) < 4.78 is 0. The van der Waals surface area contributed by atoms with Crippen LogP contribution in [0, 0.1) is 6.92 Å². The Morgan fingerprint density at radius 3 is 2.53 bits per heavy atom. The third kappa shape index (κ3) is 4.89. The minimum Gasteiger partial charge on any atom is -0.507 e. The van der Waals surface area contributed by atoms with Crippen LogP contribution in [-0.2, 0) is 13.0 Å². The summed E-state index contributed by atoms with van der Waals surface area (Å²) in [5, 5.41) is 22.0. The Morgan fingerprint density at radius 2 is 1.87 bits per heavy atom. The van der Waals surface area contributed by atoms with E-state index in [1.165, 1.54) is 0 Å². The highest BCUT2D eigenvalue weighted by atomic mass is 16.3. The van der Waals surface area contributed by atoms with Gasteiger partial charge in [0.05, 0.1) is 12.1 Å². The molecule has 1 heterocycles. The Morgan fingerprint density at radius 1 is 1.13 bits per heavy atom. The number of hydrogen-bond donors (Lipinski definition) is 2. The van der Waals surface area contributed by atoms with Crippen LogP contribution in [0.15, 0.2) is 30.3 Å². The Labute approximate surface area is 179 Å². The normalized spacial score (nSPS) is 13.6. The molecule has 0 aliphatic carbocycles. The lowest BCUT2D eigenvalue weighted by molar-refractivity contribution is 0.170. The van der Waals surface area contributed by atoms with Gasteiger partial charge in [-0.3, -0.25) is 0 Å². The third-order valence-corrected chi connectivity index (χ3v) is 5.93. The quantitative estimate of drug-likeness (QED) is 0.596. The predicted molar refractivity (Wildman–Crippen MR) is 121 cm³/mol. The van der Waals surface area contributed by atoms with Gasteiger partial charge in [-0.2, -0.15) is 0 Å². The average molecular weight is 411 g/mol. The first kappa shape index (κ1) is 22.0. The number of phenols is 2. The second-order valence-electron chi connectivity index (χ2n) is 8.42. The lowest BCUT2D eigenvalue weighted by Crippen LogP contribution is -2.39. The molecule has 3 rings (SSSR count). The highest BCUT2D eigenvalue weighted by Crippen LogP contribution is 2.42. The number of aryl methyl sites for hydroxylation is 2. The van der Waals surface area contributed by atoms with Gasteiger partial charge in [0.25, 0.3) is 0 Å². The number of carbonyl (C=O) groups is 1. The van der Waals surface area contributed by atoms with Crippen molar-refractivity contribution in [2.45, 2.75) is 58.9 Å². The maximum Gasteiger partial charge on any atom is 0.320 e. The Balaban J connectivity index is 1.98. The molecule has 0 atom stereocenters. The van der Waals surface area contributed by atoms with Gasteiger partial charge >= 0.3 is 6.03 Å². The zero-order chi connectivity index (χ0) is 21.7. The van der Waals surface area contributed by atoms with E-state index in [0.717, 1.165) is 73.9 Å². The van der Waals surface area contributed by atoms with Crippen LogP contribution in [-0.4, -0.2) is 46.2 Å². The van der Waals surface area contributed by atoms with Crippen LogP contribution in [0.2, 0.25) is 0 Å². The molecule has 1 saturated heterocycles. The van der Waals surface area contributed by atoms with Crippen LogP contribution >= 0.6 is 0 Å². The average Bonchev–Trinajstić information content (AvgIpc) is 3.25. The summed E-state index contributed by atoms with van der Waals surface area (Å²) in [4.78, 5) is 16.4. The maximum absolute atomic E-state index is 12.8. The summed E-state index contributed by atoms with van der Waals surface area (Å²) in [6.07, 6.45) is 6.03. The van der Waals surface area contributed by atoms with Crippen molar-refractivity contribution < 1.29 is 15.0 Å². The molecular weight excluding hydrogens is 376 g/mol. The monoisotopic (exact) mass is 410 g/mol. The van der Waals surface area contributed by atoms with Gasteiger partial charge in [-0.15, -0.1) is 0 Å². The molecule has 5 nitrogen and oxygen atoms in total. The second-order valence-corrected chi connectivity index (χ2v) is 8.42. The molecule has 0 saturated carbocycles. The number of phenolic OH excluding ortho intramolecular Hbond substituents is 2. The second kappa shape index (κ2) is 9.88. The number of likely N-dealkylation sites (tertiary alicyclic amines) is 1. The molecule has 1 aliphatic heterocycles. The van der Waals surface area contributed by atoms with E-state index in [1.807, 2.05) is 36.1 Å². The summed E-state index contributed by atoms with van der Waals surface area (Å²) in [6, 6.07) is 9.52. The summed E-state index contributed by atoms with van der Waals surface area (Å²) in [6.45, 7) is 6.05. The van der Waals surface area contributed by atoms with Gasteiger partial charge in [0.1, 0.15) is 11.5 Å². The number of nitrogens with zero attached hydrogens (tertiary/aromatic N) is 2. The van der Waals surface area contributed by atoms with Crippen molar-refractivity contribution >= 4 is 6.03 Å². The first-order valence-corrected chi connectivity index (χ1v) is 11.1. The molecule has 162 valence electrons. The Kier molecular flexibility index (Phi) is 7.24. The number of amides is 2. The Hall–Kier alpha value is -2.69. The smallest absolute Gasteiger partial charge is 0.320 e. The van der Waals surface area contributed by atoms with Crippen molar-refractivity contribution in [2.24, 2.45) is 0 Å². The van der Waals surface area contributed by atoms with E-state index in [2.05, 4.69) is 6.92 Å². The van der Waals surface area contributed by atoms with Crippen LogP contribution in [0.3, 0.4) is 0 Å². The van der Waals surface area contributed by atoms with Crippen LogP contribution in [0.5, 0.6) is 11.5 Å². The Bertz CT molecular complexity index is 888. The molecule has 30 heavy (non-hydrogen) atoms. The molecule has 2 aromatic carbocycles. The molecular formula is C25H34N2O3. The summed E-state index contributed by atoms with van der Waals surface area (Å²) in [7, 11) is 1.79. The summed E-state index contributed by atoms with van der Waals surface area (Å²) in [5.74, 6) is 0.162. The number of carbonyl (C=O) groups excluding carboxylic acids is 1. The standard InChI is InChI=1S/C25H34N2O3/c1-4-5-6-11-19-16-22(28)23(20-12-9-10-18(2)15-20)24(29)21(19)17-26(3)25(30)27-13-7-8-14-27/h9-10,12,15-16,28-29H,4-8,11,13-14,17H2,1-3H3. The molecule has 0 aromatic heterocycles. The van der Waals surface area contributed by atoms with Gasteiger partial charge in [-0.1, -0.05) is 49.6 Å². The molecule has 0 spiro atoms. The van der Waals surface area contributed by atoms with E-state index in [0.29, 0.717) is 12.1 Å². The predicted octanol–water partition coefficient (Wildman–Crippen LogP) is 5.45. The van der Waals surface area contributed by atoms with Crippen molar-refractivity contribution in [1.29, 1.82) is 0 Å². The van der Waals surface area contributed by atoms with Crippen molar-refractivity contribution in [3.05, 3.63) is 47.0 Å². The molecule has 1 aliphatic rings. The van der Waals surface area contributed by atoms with Gasteiger partial charge in [-0.25, -0.2) is 4.79 Å². The molecule has 2 aromatic rings. The minimum atomic E-state index is -0.00316. The highest BCUT2D eigenvalue weighted by molar-refractivity contribution is 5.80. The van der Waals surface area contributed by atoms with Crippen molar-refractivity contribution in [3.63, 3.8) is 0 Å². The van der Waals surface area contributed by atoms with E-state index >= 15 is 0 Å². The van der Waals surface area contributed by atoms with Gasteiger partial charge in [0.2, 0.25) is 0 Å². The van der Waals surface area contributed by atoms with Gasteiger partial charge < -0.3 is 20.0 Å². The van der Waals surface area contributed by atoms with E-state index < -0.39 is 0 Å². The van der Waals surface area contributed by atoms with Gasteiger partial charge in [0, 0.05) is 25.7 Å². The lowest BCUT2D eigenvalue weighted by Gasteiger charge is -2.26. The fraction of sp³-hybridized carbons (Fsp3) is 0.480. The van der Waals surface area contributed by atoms with Crippen LogP contribution in [0.4, 0.5) is 4.79 Å². The number of rotatable bonds is 7. The molecule has 2 amide bonds. The summed E-state index contributed by atoms with van der Waals surface area (Å²) in [5.41, 5.74) is 3.92. The van der Waals surface area contributed by atoms with Crippen LogP contribution < -0.4 is 0 Å². The fourth-order valence-electron chi connectivity index (χ4n) is 4.25. The number of benzene rings is 2. The van der Waals surface area contributed by atoms with Crippen molar-refractivity contribution in [3.8, 4) is 22.6 Å². The molecule has 2 N–H and O–H groups in total. The number of aromatic hydroxyl groups is 2. The molecule has 5 heteroatoms. The lowest BCUT2D eigenvalue weighted by atomic mass is 9.92. The topological polar surface area (TPSA) is 64.0 Å². The van der Waals surface area contributed by atoms with Crippen LogP contribution in [0.1, 0.15) is 55.7 Å². The van der Waals surface area contributed by atoms with Gasteiger partial charge in [-0.05, 0) is 49.8 Å². The van der Waals surface area contributed by atoms with Gasteiger partial charge in [0.15, 0.2) is 0 Å². The molecule has 0 unspecified atom stereocenters. The maximum atomic E-state index is 12.8.